The highest BCUT2D eigenvalue weighted by Crippen LogP contribution is 2.30. The van der Waals surface area contributed by atoms with E-state index in [0.717, 1.165) is 5.56 Å². The second-order valence-corrected chi connectivity index (χ2v) is 5.83. The van der Waals surface area contributed by atoms with Crippen LogP contribution in [0.1, 0.15) is 19.4 Å². The van der Waals surface area contributed by atoms with E-state index < -0.39 is 11.5 Å². The van der Waals surface area contributed by atoms with Gasteiger partial charge in [0.15, 0.2) is 0 Å². The molecule has 2 amide bonds. The molecule has 0 aliphatic carbocycles. The molecule has 1 saturated heterocycles. The molecule has 2 rings (SSSR count). The number of nitrogens with zero attached hydrogens (tertiary/aromatic N) is 1. The van der Waals surface area contributed by atoms with Gasteiger partial charge in [-0.2, -0.15) is 0 Å². The number of rotatable bonds is 3. The summed E-state index contributed by atoms with van der Waals surface area (Å²) in [5.74, 6) is -0.0738. The van der Waals surface area contributed by atoms with E-state index in [4.69, 9.17) is 16.4 Å². The minimum atomic E-state index is -0.571. The summed E-state index contributed by atoms with van der Waals surface area (Å²) in [6.45, 7) is 4.28. The summed E-state index contributed by atoms with van der Waals surface area (Å²) in [5, 5.41) is 4.27. The second-order valence-electron chi connectivity index (χ2n) is 5.42. The monoisotopic (exact) mass is 312 g/mol. The lowest BCUT2D eigenvalue weighted by Gasteiger charge is -2.17. The van der Waals surface area contributed by atoms with E-state index in [1.807, 2.05) is 13.8 Å². The molecule has 0 saturated carbocycles. The Kier molecular flexibility index (Phi) is 4.39. The highest BCUT2D eigenvalue weighted by atomic mass is 35.5. The molecule has 1 heterocycles. The van der Waals surface area contributed by atoms with Crippen molar-refractivity contribution in [3.8, 4) is 0 Å². The Balaban J connectivity index is 2.08. The molecule has 1 fully saturated rings. The maximum Gasteiger partial charge on any atom is 0.411 e. The second kappa shape index (κ2) is 5.91. The van der Waals surface area contributed by atoms with Crippen LogP contribution in [0.15, 0.2) is 18.2 Å². The lowest BCUT2D eigenvalue weighted by molar-refractivity contribution is -0.165. The van der Waals surface area contributed by atoms with Gasteiger partial charge in [-0.3, -0.25) is 14.9 Å². The van der Waals surface area contributed by atoms with Crippen LogP contribution in [-0.4, -0.2) is 30.8 Å². The molecule has 7 heteroatoms. The average Bonchev–Trinajstić information content (AvgIpc) is 2.68. The summed E-state index contributed by atoms with van der Waals surface area (Å²) < 4.78 is 4.50. The molecule has 0 bridgehead atoms. The Morgan fingerprint density at radius 1 is 1.52 bits per heavy atom. The number of hydrogen-bond donors (Lipinski definition) is 1. The molecule has 21 heavy (non-hydrogen) atoms. The third-order valence-corrected chi connectivity index (χ3v) is 3.54. The lowest BCUT2D eigenvalue weighted by Crippen LogP contribution is -2.30. The SMILES string of the molecule is COC(=O)Nc1ccc(CN2OCC(C)(C)C2=O)c(Cl)c1. The van der Waals surface area contributed by atoms with E-state index in [1.54, 1.807) is 18.2 Å². The van der Waals surface area contributed by atoms with Crippen molar-refractivity contribution in [1.82, 2.24) is 5.06 Å². The molecule has 1 aliphatic heterocycles. The van der Waals surface area contributed by atoms with Crippen LogP contribution in [0.4, 0.5) is 10.5 Å². The third kappa shape index (κ3) is 3.46. The maximum atomic E-state index is 12.1. The zero-order valence-electron chi connectivity index (χ0n) is 12.1. The van der Waals surface area contributed by atoms with E-state index in [0.29, 0.717) is 17.3 Å². The van der Waals surface area contributed by atoms with E-state index in [2.05, 4.69) is 10.1 Å². The van der Waals surface area contributed by atoms with Crippen LogP contribution in [0, 0.1) is 5.41 Å². The molecule has 6 nitrogen and oxygen atoms in total. The molecule has 0 aromatic heterocycles. The number of carbonyl (C=O) groups is 2. The Morgan fingerprint density at radius 3 is 2.76 bits per heavy atom. The van der Waals surface area contributed by atoms with Crippen LogP contribution in [0.3, 0.4) is 0 Å². The predicted octanol–water partition coefficient (Wildman–Crippen LogP) is 2.82. The number of nitrogens with one attached hydrogen (secondary N) is 1. The number of anilines is 1. The topological polar surface area (TPSA) is 67.9 Å². The molecule has 1 aromatic carbocycles. The van der Waals surface area contributed by atoms with Crippen molar-refractivity contribution in [2.75, 3.05) is 19.0 Å². The molecule has 0 spiro atoms. The first-order valence-corrected chi connectivity index (χ1v) is 6.79. The van der Waals surface area contributed by atoms with Gasteiger partial charge in [-0.1, -0.05) is 17.7 Å². The van der Waals surface area contributed by atoms with Crippen LogP contribution < -0.4 is 5.32 Å². The van der Waals surface area contributed by atoms with Crippen molar-refractivity contribution in [1.29, 1.82) is 0 Å². The fraction of sp³-hybridized carbons (Fsp3) is 0.429. The molecule has 0 unspecified atom stereocenters. The standard InChI is InChI=1S/C14H17ClN2O4/c1-14(2)8-21-17(12(14)18)7-9-4-5-10(6-11(9)15)16-13(19)20-3/h4-6H,7-8H2,1-3H3,(H,16,19). The van der Waals surface area contributed by atoms with Gasteiger partial charge in [0.25, 0.3) is 5.91 Å². The van der Waals surface area contributed by atoms with Crippen molar-refractivity contribution < 1.29 is 19.2 Å². The minimum absolute atomic E-state index is 0.0738. The average molecular weight is 313 g/mol. The van der Waals surface area contributed by atoms with Crippen molar-refractivity contribution in [3.63, 3.8) is 0 Å². The predicted molar refractivity (Wildman–Crippen MR) is 77.8 cm³/mol. The number of carbonyl (C=O) groups excluding carboxylic acids is 2. The Morgan fingerprint density at radius 2 is 2.24 bits per heavy atom. The van der Waals surface area contributed by atoms with Gasteiger partial charge in [-0.25, -0.2) is 9.86 Å². The summed E-state index contributed by atoms with van der Waals surface area (Å²) in [7, 11) is 1.28. The third-order valence-electron chi connectivity index (χ3n) is 3.19. The number of hydrogen-bond acceptors (Lipinski definition) is 4. The fourth-order valence-corrected chi connectivity index (χ4v) is 2.13. The molecule has 114 valence electrons. The van der Waals surface area contributed by atoms with Crippen LogP contribution in [0.5, 0.6) is 0 Å². The molecule has 1 aromatic rings. The molecule has 0 atom stereocenters. The van der Waals surface area contributed by atoms with Crippen molar-refractivity contribution in [2.24, 2.45) is 5.41 Å². The number of hydroxylamine groups is 2. The molecule has 0 radical (unpaired) electrons. The summed E-state index contributed by atoms with van der Waals surface area (Å²) in [6.07, 6.45) is -0.571. The normalized spacial score (nSPS) is 17.0. The summed E-state index contributed by atoms with van der Waals surface area (Å²) in [4.78, 5) is 28.6. The van der Waals surface area contributed by atoms with Gasteiger partial charge in [-0.15, -0.1) is 0 Å². The first kappa shape index (κ1) is 15.6. The number of amides is 2. The van der Waals surface area contributed by atoms with Crippen molar-refractivity contribution >= 4 is 29.3 Å². The highest BCUT2D eigenvalue weighted by molar-refractivity contribution is 6.31. The highest BCUT2D eigenvalue weighted by Gasteiger charge is 2.40. The van der Waals surface area contributed by atoms with Crippen LogP contribution in [0.25, 0.3) is 0 Å². The number of ether oxygens (including phenoxy) is 1. The van der Waals surface area contributed by atoms with E-state index in [-0.39, 0.29) is 12.5 Å². The first-order chi connectivity index (χ1) is 9.83. The van der Waals surface area contributed by atoms with Gasteiger partial charge < -0.3 is 4.74 Å². The van der Waals surface area contributed by atoms with Crippen LogP contribution >= 0.6 is 11.6 Å². The van der Waals surface area contributed by atoms with Crippen molar-refractivity contribution in [2.45, 2.75) is 20.4 Å². The maximum absolute atomic E-state index is 12.1. The zero-order valence-corrected chi connectivity index (χ0v) is 12.9. The van der Waals surface area contributed by atoms with E-state index >= 15 is 0 Å². The minimum Gasteiger partial charge on any atom is -0.453 e. The zero-order chi connectivity index (χ0) is 15.6. The van der Waals surface area contributed by atoms with Crippen molar-refractivity contribution in [3.05, 3.63) is 28.8 Å². The Labute approximate surface area is 127 Å². The number of halogens is 1. The summed E-state index contributed by atoms with van der Waals surface area (Å²) >= 11 is 6.17. The van der Waals surface area contributed by atoms with E-state index in [9.17, 15) is 9.59 Å². The summed E-state index contributed by atoms with van der Waals surface area (Å²) in [6, 6.07) is 5.01. The molecular formula is C14H17ClN2O4. The fourth-order valence-electron chi connectivity index (χ4n) is 1.89. The smallest absolute Gasteiger partial charge is 0.411 e. The summed E-state index contributed by atoms with van der Waals surface area (Å²) in [5.41, 5.74) is 0.738. The molecule has 1 aliphatic rings. The largest absolute Gasteiger partial charge is 0.453 e. The first-order valence-electron chi connectivity index (χ1n) is 6.42. The van der Waals surface area contributed by atoms with Crippen LogP contribution in [0.2, 0.25) is 5.02 Å². The molecule has 1 N–H and O–H groups in total. The van der Waals surface area contributed by atoms with Gasteiger partial charge in [0, 0.05) is 10.7 Å². The van der Waals surface area contributed by atoms with Gasteiger partial charge in [-0.05, 0) is 31.5 Å². The van der Waals surface area contributed by atoms with Gasteiger partial charge in [0.2, 0.25) is 0 Å². The van der Waals surface area contributed by atoms with E-state index in [1.165, 1.54) is 12.2 Å². The van der Waals surface area contributed by atoms with Gasteiger partial charge in [0.1, 0.15) is 0 Å². The number of benzene rings is 1. The Hall–Kier alpha value is -1.79. The quantitative estimate of drug-likeness (QED) is 0.932. The Bertz CT molecular complexity index is 574. The lowest BCUT2D eigenvalue weighted by atomic mass is 9.95. The van der Waals surface area contributed by atoms with Gasteiger partial charge >= 0.3 is 6.09 Å². The molecular weight excluding hydrogens is 296 g/mol. The van der Waals surface area contributed by atoms with Crippen LogP contribution in [-0.2, 0) is 20.9 Å². The number of methoxy groups -OCH3 is 1. The van der Waals surface area contributed by atoms with Gasteiger partial charge in [0.05, 0.1) is 25.7 Å².